The van der Waals surface area contributed by atoms with Crippen LogP contribution in [0.4, 0.5) is 0 Å². The molecule has 0 aromatic heterocycles. The lowest BCUT2D eigenvalue weighted by molar-refractivity contribution is 0.192. The molecule has 90 valence electrons. The second kappa shape index (κ2) is 8.57. The monoisotopic (exact) mass is 241 g/mol. The Labute approximate surface area is 103 Å². The Morgan fingerprint density at radius 3 is 2.88 bits per heavy atom. The zero-order valence-corrected chi connectivity index (χ0v) is 10.6. The van der Waals surface area contributed by atoms with Crippen LogP contribution in [-0.2, 0) is 11.3 Å². The number of hydrogen-bond donors (Lipinski definition) is 1. The van der Waals surface area contributed by atoms with Crippen molar-refractivity contribution in [3.8, 4) is 0 Å². The summed E-state index contributed by atoms with van der Waals surface area (Å²) in [5.41, 5.74) is 1.24. The third kappa shape index (κ3) is 6.11. The Morgan fingerprint density at radius 2 is 2.12 bits per heavy atom. The van der Waals surface area contributed by atoms with Gasteiger partial charge in [0.25, 0.3) is 0 Å². The van der Waals surface area contributed by atoms with Crippen molar-refractivity contribution in [1.29, 1.82) is 0 Å². The predicted molar refractivity (Wildman–Crippen MR) is 68.9 cm³/mol. The summed E-state index contributed by atoms with van der Waals surface area (Å²) in [4.78, 5) is 0. The molecule has 1 rings (SSSR count). The van der Waals surface area contributed by atoms with Crippen LogP contribution in [0.2, 0.25) is 5.02 Å². The van der Waals surface area contributed by atoms with Crippen LogP contribution in [0, 0.1) is 0 Å². The minimum atomic E-state index is 0.805. The first kappa shape index (κ1) is 13.5. The van der Waals surface area contributed by atoms with Crippen molar-refractivity contribution < 1.29 is 4.74 Å². The normalized spacial score (nSPS) is 10.6. The molecule has 0 saturated heterocycles. The number of hydrogen-bond acceptors (Lipinski definition) is 2. The quantitative estimate of drug-likeness (QED) is 0.706. The molecule has 0 unspecified atom stereocenters. The highest BCUT2D eigenvalue weighted by molar-refractivity contribution is 6.30. The topological polar surface area (TPSA) is 21.3 Å². The molecule has 16 heavy (non-hydrogen) atoms. The van der Waals surface area contributed by atoms with E-state index in [0.29, 0.717) is 0 Å². The van der Waals surface area contributed by atoms with Crippen LogP contribution in [-0.4, -0.2) is 20.3 Å². The SMILES string of the molecule is COCCCCCNCc1cccc(Cl)c1. The van der Waals surface area contributed by atoms with Crippen molar-refractivity contribution in [2.45, 2.75) is 25.8 Å². The van der Waals surface area contributed by atoms with Crippen molar-refractivity contribution in [1.82, 2.24) is 5.32 Å². The average molecular weight is 242 g/mol. The van der Waals surface area contributed by atoms with E-state index in [4.69, 9.17) is 16.3 Å². The first-order valence-corrected chi connectivity index (χ1v) is 6.15. The molecule has 1 aromatic carbocycles. The van der Waals surface area contributed by atoms with Crippen molar-refractivity contribution in [3.05, 3.63) is 34.9 Å². The van der Waals surface area contributed by atoms with Gasteiger partial charge in [0, 0.05) is 25.3 Å². The van der Waals surface area contributed by atoms with Crippen LogP contribution in [0.1, 0.15) is 24.8 Å². The molecule has 1 N–H and O–H groups in total. The predicted octanol–water partition coefficient (Wildman–Crippen LogP) is 3.25. The first-order valence-electron chi connectivity index (χ1n) is 5.77. The molecule has 0 aliphatic carbocycles. The molecule has 0 atom stereocenters. The lowest BCUT2D eigenvalue weighted by atomic mass is 10.2. The molecular weight excluding hydrogens is 222 g/mol. The van der Waals surface area contributed by atoms with E-state index in [2.05, 4.69) is 11.4 Å². The maximum atomic E-state index is 5.90. The van der Waals surface area contributed by atoms with Crippen LogP contribution < -0.4 is 5.32 Å². The van der Waals surface area contributed by atoms with Crippen LogP contribution in [0.25, 0.3) is 0 Å². The molecule has 0 fully saturated rings. The van der Waals surface area contributed by atoms with Gasteiger partial charge in [0.05, 0.1) is 0 Å². The van der Waals surface area contributed by atoms with E-state index >= 15 is 0 Å². The van der Waals surface area contributed by atoms with Gasteiger partial charge in [0.2, 0.25) is 0 Å². The minimum Gasteiger partial charge on any atom is -0.385 e. The molecule has 0 heterocycles. The van der Waals surface area contributed by atoms with Gasteiger partial charge in [-0.3, -0.25) is 0 Å². The molecule has 3 heteroatoms. The molecule has 1 aromatic rings. The molecule has 0 radical (unpaired) electrons. The standard InChI is InChI=1S/C13H20ClNO/c1-16-9-4-2-3-8-15-11-12-6-5-7-13(14)10-12/h5-7,10,15H,2-4,8-9,11H2,1H3. The number of benzene rings is 1. The van der Waals surface area contributed by atoms with E-state index in [1.165, 1.54) is 18.4 Å². The van der Waals surface area contributed by atoms with E-state index in [-0.39, 0.29) is 0 Å². The Kier molecular flexibility index (Phi) is 7.23. The summed E-state index contributed by atoms with van der Waals surface area (Å²) < 4.78 is 5.00. The fraction of sp³-hybridized carbons (Fsp3) is 0.538. The van der Waals surface area contributed by atoms with Gasteiger partial charge in [-0.2, -0.15) is 0 Å². The van der Waals surface area contributed by atoms with Crippen LogP contribution in [0.3, 0.4) is 0 Å². The maximum Gasteiger partial charge on any atom is 0.0462 e. The molecule has 0 spiro atoms. The van der Waals surface area contributed by atoms with E-state index < -0.39 is 0 Å². The van der Waals surface area contributed by atoms with E-state index in [9.17, 15) is 0 Å². The largest absolute Gasteiger partial charge is 0.385 e. The van der Waals surface area contributed by atoms with Crippen molar-refractivity contribution in [2.24, 2.45) is 0 Å². The number of unbranched alkanes of at least 4 members (excludes halogenated alkanes) is 2. The highest BCUT2D eigenvalue weighted by Gasteiger charge is 1.94. The summed E-state index contributed by atoms with van der Waals surface area (Å²) in [6.45, 7) is 2.81. The van der Waals surface area contributed by atoms with Gasteiger partial charge in [0.15, 0.2) is 0 Å². The number of nitrogens with one attached hydrogen (secondary N) is 1. The zero-order valence-electron chi connectivity index (χ0n) is 9.84. The number of methoxy groups -OCH3 is 1. The van der Waals surface area contributed by atoms with Gasteiger partial charge in [-0.1, -0.05) is 23.7 Å². The summed E-state index contributed by atoms with van der Waals surface area (Å²) in [6.07, 6.45) is 3.57. The average Bonchev–Trinajstić information content (AvgIpc) is 2.28. The second-order valence-corrected chi connectivity index (χ2v) is 4.30. The second-order valence-electron chi connectivity index (χ2n) is 3.86. The van der Waals surface area contributed by atoms with Gasteiger partial charge in [-0.15, -0.1) is 0 Å². The van der Waals surface area contributed by atoms with Crippen molar-refractivity contribution in [3.63, 3.8) is 0 Å². The van der Waals surface area contributed by atoms with E-state index in [0.717, 1.165) is 31.1 Å². The smallest absolute Gasteiger partial charge is 0.0462 e. The molecule has 0 aliphatic heterocycles. The Morgan fingerprint density at radius 1 is 1.25 bits per heavy atom. The summed E-state index contributed by atoms with van der Waals surface area (Å²) in [6, 6.07) is 7.97. The minimum absolute atomic E-state index is 0.805. The van der Waals surface area contributed by atoms with Gasteiger partial charge >= 0.3 is 0 Å². The van der Waals surface area contributed by atoms with Crippen LogP contribution >= 0.6 is 11.6 Å². The van der Waals surface area contributed by atoms with Gasteiger partial charge in [-0.25, -0.2) is 0 Å². The summed E-state index contributed by atoms with van der Waals surface area (Å²) >= 11 is 5.90. The molecule has 0 saturated carbocycles. The highest BCUT2D eigenvalue weighted by Crippen LogP contribution is 2.10. The third-order valence-corrected chi connectivity index (χ3v) is 2.66. The summed E-state index contributed by atoms with van der Waals surface area (Å²) in [5, 5.41) is 4.21. The fourth-order valence-electron chi connectivity index (χ4n) is 1.55. The Bertz CT molecular complexity index is 291. The van der Waals surface area contributed by atoms with Crippen LogP contribution in [0.5, 0.6) is 0 Å². The molecule has 0 amide bonds. The lowest BCUT2D eigenvalue weighted by Gasteiger charge is -2.05. The maximum absolute atomic E-state index is 5.90. The van der Waals surface area contributed by atoms with Gasteiger partial charge in [-0.05, 0) is 43.5 Å². The fourth-order valence-corrected chi connectivity index (χ4v) is 1.77. The number of rotatable bonds is 8. The van der Waals surface area contributed by atoms with Gasteiger partial charge in [0.1, 0.15) is 0 Å². The lowest BCUT2D eigenvalue weighted by Crippen LogP contribution is -2.14. The van der Waals surface area contributed by atoms with Crippen molar-refractivity contribution in [2.75, 3.05) is 20.3 Å². The van der Waals surface area contributed by atoms with Gasteiger partial charge < -0.3 is 10.1 Å². The zero-order chi connectivity index (χ0) is 11.6. The summed E-state index contributed by atoms with van der Waals surface area (Å²) in [5.74, 6) is 0. The third-order valence-electron chi connectivity index (χ3n) is 2.42. The molecule has 0 aliphatic rings. The van der Waals surface area contributed by atoms with Crippen molar-refractivity contribution >= 4 is 11.6 Å². The summed E-state index contributed by atoms with van der Waals surface area (Å²) in [7, 11) is 1.75. The van der Waals surface area contributed by atoms with E-state index in [1.807, 2.05) is 18.2 Å². The molecule has 0 bridgehead atoms. The molecule has 2 nitrogen and oxygen atoms in total. The first-order chi connectivity index (χ1) is 7.83. The Balaban J connectivity index is 2.03. The van der Waals surface area contributed by atoms with Crippen LogP contribution in [0.15, 0.2) is 24.3 Å². The number of halogens is 1. The Hall–Kier alpha value is -0.570. The molecular formula is C13H20ClNO. The highest BCUT2D eigenvalue weighted by atomic mass is 35.5. The number of ether oxygens (including phenoxy) is 1. The van der Waals surface area contributed by atoms with E-state index in [1.54, 1.807) is 7.11 Å².